The molecular weight excluding hydrogens is 390 g/mol. The minimum absolute atomic E-state index is 0.136. The molecule has 0 aliphatic heterocycles. The first-order valence-electron chi connectivity index (χ1n) is 8.65. The Balaban J connectivity index is 1.31. The Bertz CT molecular complexity index is 1050. The van der Waals surface area contributed by atoms with E-state index in [-0.39, 0.29) is 12.3 Å². The third-order valence-electron chi connectivity index (χ3n) is 3.88. The predicted molar refractivity (Wildman–Crippen MR) is 112 cm³/mol. The van der Waals surface area contributed by atoms with E-state index in [9.17, 15) is 4.79 Å². The second kappa shape index (κ2) is 8.81. The Kier molecular flexibility index (Phi) is 5.79. The summed E-state index contributed by atoms with van der Waals surface area (Å²) in [4.78, 5) is 12.3. The van der Waals surface area contributed by atoms with Gasteiger partial charge in [-0.15, -0.1) is 10.2 Å². The van der Waals surface area contributed by atoms with Crippen LogP contribution in [0.2, 0.25) is 0 Å². The van der Waals surface area contributed by atoms with E-state index in [4.69, 9.17) is 0 Å². The van der Waals surface area contributed by atoms with E-state index in [2.05, 4.69) is 32.7 Å². The van der Waals surface area contributed by atoms with Crippen LogP contribution in [-0.2, 0) is 17.0 Å². The lowest BCUT2D eigenvalue weighted by atomic mass is 10.2. The smallest absolute Gasteiger partial charge is 0.230 e. The van der Waals surface area contributed by atoms with Crippen LogP contribution >= 0.6 is 23.1 Å². The highest BCUT2D eigenvalue weighted by Crippen LogP contribution is 2.28. The summed E-state index contributed by atoms with van der Waals surface area (Å²) in [5.74, 6) is 0.686. The molecule has 2 aromatic carbocycles. The van der Waals surface area contributed by atoms with Gasteiger partial charge in [0, 0.05) is 11.9 Å². The maximum atomic E-state index is 12.3. The van der Waals surface area contributed by atoms with Crippen LogP contribution in [0.3, 0.4) is 0 Å². The Morgan fingerprint density at radius 3 is 2.54 bits per heavy atom. The number of carbonyl (C=O) groups is 1. The van der Waals surface area contributed by atoms with E-state index in [0.29, 0.717) is 5.13 Å². The number of aromatic nitrogens is 4. The predicted octanol–water partition coefficient (Wildman–Crippen LogP) is 4.20. The Morgan fingerprint density at radius 1 is 1.00 bits per heavy atom. The molecule has 0 radical (unpaired) electrons. The zero-order valence-corrected chi connectivity index (χ0v) is 16.5. The number of benzene rings is 2. The molecule has 0 fully saturated rings. The summed E-state index contributed by atoms with van der Waals surface area (Å²) < 4.78 is 2.59. The van der Waals surface area contributed by atoms with E-state index in [1.54, 1.807) is 22.6 Å². The van der Waals surface area contributed by atoms with Crippen LogP contribution < -0.4 is 5.32 Å². The number of rotatable bonds is 7. The van der Waals surface area contributed by atoms with Gasteiger partial charge >= 0.3 is 0 Å². The SMILES string of the molecule is O=C(Cc1cnn(-c2ccccc2)c1)Nc1nnc(SCc2ccccc2)s1. The van der Waals surface area contributed by atoms with Crippen molar-refractivity contribution in [2.45, 2.75) is 16.5 Å². The maximum Gasteiger partial charge on any atom is 0.230 e. The van der Waals surface area contributed by atoms with E-state index >= 15 is 0 Å². The molecule has 0 saturated carbocycles. The van der Waals surface area contributed by atoms with Crippen LogP contribution in [0.25, 0.3) is 5.69 Å². The van der Waals surface area contributed by atoms with Gasteiger partial charge in [0.25, 0.3) is 0 Å². The molecule has 4 rings (SSSR count). The average Bonchev–Trinajstić information content (AvgIpc) is 3.37. The van der Waals surface area contributed by atoms with Crippen LogP contribution in [0.15, 0.2) is 77.4 Å². The number of nitrogens with one attached hydrogen (secondary N) is 1. The van der Waals surface area contributed by atoms with Crippen molar-refractivity contribution in [1.29, 1.82) is 0 Å². The molecule has 1 N–H and O–H groups in total. The summed E-state index contributed by atoms with van der Waals surface area (Å²) in [6.45, 7) is 0. The standard InChI is InChI=1S/C20H17N5OS2/c26-18(11-16-12-21-25(13-16)17-9-5-2-6-10-17)22-19-23-24-20(28-19)27-14-15-7-3-1-4-8-15/h1-10,12-13H,11,14H2,(H,22,23,26). The van der Waals surface area contributed by atoms with E-state index < -0.39 is 0 Å². The fraction of sp³-hybridized carbons (Fsp3) is 0.100. The monoisotopic (exact) mass is 407 g/mol. The third-order valence-corrected chi connectivity index (χ3v) is 5.92. The second-order valence-corrected chi connectivity index (χ2v) is 8.20. The second-order valence-electron chi connectivity index (χ2n) is 6.00. The molecular formula is C20H17N5OS2. The molecule has 0 atom stereocenters. The number of nitrogens with zero attached hydrogens (tertiary/aromatic N) is 4. The number of hydrogen-bond acceptors (Lipinski definition) is 6. The summed E-state index contributed by atoms with van der Waals surface area (Å²) in [6.07, 6.45) is 3.79. The average molecular weight is 408 g/mol. The Labute approximate surface area is 170 Å². The van der Waals surface area contributed by atoms with Crippen molar-refractivity contribution in [3.05, 3.63) is 84.2 Å². The number of anilines is 1. The first-order chi connectivity index (χ1) is 13.8. The zero-order chi connectivity index (χ0) is 19.2. The molecule has 2 aromatic heterocycles. The molecule has 140 valence electrons. The molecule has 6 nitrogen and oxygen atoms in total. The topological polar surface area (TPSA) is 72.7 Å². The molecule has 0 aliphatic rings. The highest BCUT2D eigenvalue weighted by molar-refractivity contribution is 8.00. The lowest BCUT2D eigenvalue weighted by Gasteiger charge is -2.00. The van der Waals surface area contributed by atoms with Gasteiger partial charge in [-0.25, -0.2) is 4.68 Å². The van der Waals surface area contributed by atoms with Crippen molar-refractivity contribution in [3.8, 4) is 5.69 Å². The fourth-order valence-corrected chi connectivity index (χ4v) is 4.28. The number of carbonyl (C=O) groups excluding carboxylic acids is 1. The number of amides is 1. The maximum absolute atomic E-state index is 12.3. The van der Waals surface area contributed by atoms with Crippen molar-refractivity contribution < 1.29 is 4.79 Å². The highest BCUT2D eigenvalue weighted by Gasteiger charge is 2.11. The van der Waals surface area contributed by atoms with Gasteiger partial charge in [0.1, 0.15) is 0 Å². The highest BCUT2D eigenvalue weighted by atomic mass is 32.2. The normalized spacial score (nSPS) is 10.7. The molecule has 0 spiro atoms. The molecule has 0 bridgehead atoms. The number of para-hydroxylation sites is 1. The van der Waals surface area contributed by atoms with Gasteiger partial charge in [-0.05, 0) is 23.3 Å². The van der Waals surface area contributed by atoms with Crippen molar-refractivity contribution in [3.63, 3.8) is 0 Å². The molecule has 8 heteroatoms. The van der Waals surface area contributed by atoms with E-state index in [0.717, 1.165) is 21.3 Å². The van der Waals surface area contributed by atoms with Crippen molar-refractivity contribution >= 4 is 34.1 Å². The van der Waals surface area contributed by atoms with Gasteiger partial charge in [-0.3, -0.25) is 4.79 Å². The fourth-order valence-electron chi connectivity index (χ4n) is 2.56. The van der Waals surface area contributed by atoms with E-state index in [1.165, 1.54) is 16.9 Å². The third kappa shape index (κ3) is 4.85. The lowest BCUT2D eigenvalue weighted by Crippen LogP contribution is -2.13. The zero-order valence-electron chi connectivity index (χ0n) is 14.9. The summed E-state index contributed by atoms with van der Waals surface area (Å²) >= 11 is 2.99. The van der Waals surface area contributed by atoms with Crippen molar-refractivity contribution in [2.75, 3.05) is 5.32 Å². The number of hydrogen-bond donors (Lipinski definition) is 1. The van der Waals surface area contributed by atoms with Crippen LogP contribution in [0, 0.1) is 0 Å². The van der Waals surface area contributed by atoms with Crippen LogP contribution in [-0.4, -0.2) is 25.9 Å². The van der Waals surface area contributed by atoms with Crippen LogP contribution in [0.1, 0.15) is 11.1 Å². The largest absolute Gasteiger partial charge is 0.300 e. The first kappa shape index (κ1) is 18.4. The molecule has 1 amide bonds. The molecule has 0 aliphatic carbocycles. The molecule has 28 heavy (non-hydrogen) atoms. The lowest BCUT2D eigenvalue weighted by molar-refractivity contribution is -0.115. The van der Waals surface area contributed by atoms with Gasteiger partial charge in [-0.2, -0.15) is 5.10 Å². The van der Waals surface area contributed by atoms with Gasteiger partial charge < -0.3 is 5.32 Å². The first-order valence-corrected chi connectivity index (χ1v) is 10.5. The van der Waals surface area contributed by atoms with Crippen LogP contribution in [0.5, 0.6) is 0 Å². The minimum atomic E-state index is -0.136. The minimum Gasteiger partial charge on any atom is -0.300 e. The van der Waals surface area contributed by atoms with Crippen molar-refractivity contribution in [2.24, 2.45) is 0 Å². The Morgan fingerprint density at radius 2 is 1.75 bits per heavy atom. The molecule has 0 saturated heterocycles. The molecule has 4 aromatic rings. The molecule has 0 unspecified atom stereocenters. The van der Waals surface area contributed by atoms with Gasteiger partial charge in [0.15, 0.2) is 4.34 Å². The summed E-state index contributed by atoms with van der Waals surface area (Å²) in [5.41, 5.74) is 3.02. The van der Waals surface area contributed by atoms with Gasteiger partial charge in [0.2, 0.25) is 11.0 Å². The van der Waals surface area contributed by atoms with E-state index in [1.807, 2.05) is 54.7 Å². The van der Waals surface area contributed by atoms with Crippen LogP contribution in [0.4, 0.5) is 5.13 Å². The van der Waals surface area contributed by atoms with Gasteiger partial charge in [-0.1, -0.05) is 71.6 Å². The summed E-state index contributed by atoms with van der Waals surface area (Å²) in [5, 5.41) is 15.8. The number of thioether (sulfide) groups is 1. The van der Waals surface area contributed by atoms with Gasteiger partial charge in [0.05, 0.1) is 18.3 Å². The summed E-state index contributed by atoms with van der Waals surface area (Å²) in [6, 6.07) is 20.0. The molecule has 2 heterocycles. The quantitative estimate of drug-likeness (QED) is 0.367. The summed E-state index contributed by atoms with van der Waals surface area (Å²) in [7, 11) is 0. The Hall–Kier alpha value is -2.97. The van der Waals surface area contributed by atoms with Crippen molar-refractivity contribution in [1.82, 2.24) is 20.0 Å².